The molecule has 0 bridgehead atoms. The Bertz CT molecular complexity index is 398. The Morgan fingerprint density at radius 3 is 2.72 bits per heavy atom. The zero-order chi connectivity index (χ0) is 12.4. The smallest absolute Gasteiger partial charge is 0.150 e. The summed E-state index contributed by atoms with van der Waals surface area (Å²) in [7, 11) is 0. The van der Waals surface area contributed by atoms with E-state index in [0.717, 1.165) is 45.1 Å². The average Bonchev–Trinajstić information content (AvgIpc) is 2.68. The van der Waals surface area contributed by atoms with Gasteiger partial charge in [-0.1, -0.05) is 6.42 Å². The summed E-state index contributed by atoms with van der Waals surface area (Å²) in [5.41, 5.74) is 0. The van der Waals surface area contributed by atoms with Crippen molar-refractivity contribution in [1.29, 1.82) is 0 Å². The predicted octanol–water partition coefficient (Wildman–Crippen LogP) is 1.40. The molecule has 1 aromatic heterocycles. The van der Waals surface area contributed by atoms with Gasteiger partial charge in [0, 0.05) is 26.1 Å². The number of rotatable bonds is 2. The van der Waals surface area contributed by atoms with Crippen LogP contribution in [0.5, 0.6) is 0 Å². The molecule has 18 heavy (non-hydrogen) atoms. The molecule has 1 atom stereocenters. The van der Waals surface area contributed by atoms with Gasteiger partial charge in [0.15, 0.2) is 0 Å². The van der Waals surface area contributed by atoms with Crippen molar-refractivity contribution in [3.63, 3.8) is 0 Å². The first kappa shape index (κ1) is 12.1. The quantitative estimate of drug-likeness (QED) is 0.795. The standard InChI is InChI=1S/C13H22N4O/c1-11(16-7-9-18-10-8-16)13-15-14-12-5-3-2-4-6-17(12)13/h11H,2-10H2,1H3. The first-order valence-corrected chi connectivity index (χ1v) is 7.10. The Kier molecular flexibility index (Phi) is 3.61. The van der Waals surface area contributed by atoms with Crippen LogP contribution in [-0.2, 0) is 17.7 Å². The van der Waals surface area contributed by atoms with E-state index in [1.54, 1.807) is 0 Å². The van der Waals surface area contributed by atoms with E-state index < -0.39 is 0 Å². The molecule has 2 aliphatic rings. The van der Waals surface area contributed by atoms with Crippen LogP contribution in [0, 0.1) is 0 Å². The highest BCUT2D eigenvalue weighted by molar-refractivity contribution is 5.02. The topological polar surface area (TPSA) is 43.2 Å². The summed E-state index contributed by atoms with van der Waals surface area (Å²) in [6.45, 7) is 7.02. The lowest BCUT2D eigenvalue weighted by atomic mass is 10.2. The first-order chi connectivity index (χ1) is 8.86. The van der Waals surface area contributed by atoms with Crippen LogP contribution in [-0.4, -0.2) is 46.0 Å². The van der Waals surface area contributed by atoms with Crippen LogP contribution in [0.15, 0.2) is 0 Å². The highest BCUT2D eigenvalue weighted by Crippen LogP contribution is 2.23. The molecule has 3 heterocycles. The zero-order valence-corrected chi connectivity index (χ0v) is 11.1. The fourth-order valence-electron chi connectivity index (χ4n) is 2.94. The molecule has 1 unspecified atom stereocenters. The van der Waals surface area contributed by atoms with Crippen molar-refractivity contribution in [1.82, 2.24) is 19.7 Å². The van der Waals surface area contributed by atoms with Crippen molar-refractivity contribution in [3.8, 4) is 0 Å². The molecule has 0 amide bonds. The molecular weight excluding hydrogens is 228 g/mol. The van der Waals surface area contributed by atoms with Gasteiger partial charge in [-0.2, -0.15) is 0 Å². The van der Waals surface area contributed by atoms with Crippen LogP contribution in [0.1, 0.15) is 43.9 Å². The minimum absolute atomic E-state index is 0.355. The normalized spacial score (nSPS) is 23.4. The molecule has 1 fully saturated rings. The summed E-state index contributed by atoms with van der Waals surface area (Å²) in [5.74, 6) is 2.33. The number of fused-ring (bicyclic) bond motifs is 1. The van der Waals surface area contributed by atoms with Gasteiger partial charge in [-0.25, -0.2) is 0 Å². The van der Waals surface area contributed by atoms with Crippen molar-refractivity contribution < 1.29 is 4.74 Å². The summed E-state index contributed by atoms with van der Waals surface area (Å²) in [6.07, 6.45) is 4.91. The van der Waals surface area contributed by atoms with Crippen LogP contribution in [0.4, 0.5) is 0 Å². The van der Waals surface area contributed by atoms with Gasteiger partial charge in [-0.15, -0.1) is 10.2 Å². The summed E-state index contributed by atoms with van der Waals surface area (Å²) >= 11 is 0. The van der Waals surface area contributed by atoms with Crippen molar-refractivity contribution >= 4 is 0 Å². The molecule has 0 aromatic carbocycles. The minimum atomic E-state index is 0.355. The van der Waals surface area contributed by atoms with Gasteiger partial charge in [0.2, 0.25) is 0 Å². The third kappa shape index (κ3) is 2.29. The van der Waals surface area contributed by atoms with Crippen LogP contribution in [0.25, 0.3) is 0 Å². The highest BCUT2D eigenvalue weighted by Gasteiger charge is 2.25. The van der Waals surface area contributed by atoms with E-state index in [-0.39, 0.29) is 0 Å². The molecular formula is C13H22N4O. The van der Waals surface area contributed by atoms with Crippen molar-refractivity contribution in [3.05, 3.63) is 11.6 Å². The van der Waals surface area contributed by atoms with Gasteiger partial charge >= 0.3 is 0 Å². The Morgan fingerprint density at radius 1 is 1.06 bits per heavy atom. The number of morpholine rings is 1. The number of aromatic nitrogens is 3. The average molecular weight is 250 g/mol. The largest absolute Gasteiger partial charge is 0.379 e. The van der Waals surface area contributed by atoms with Crippen LogP contribution >= 0.6 is 0 Å². The van der Waals surface area contributed by atoms with Gasteiger partial charge in [0.25, 0.3) is 0 Å². The fraction of sp³-hybridized carbons (Fsp3) is 0.846. The van der Waals surface area contributed by atoms with E-state index in [1.807, 2.05) is 0 Å². The Hall–Kier alpha value is -0.940. The highest BCUT2D eigenvalue weighted by atomic mass is 16.5. The lowest BCUT2D eigenvalue weighted by Crippen LogP contribution is -2.39. The van der Waals surface area contributed by atoms with Gasteiger partial charge in [-0.05, 0) is 19.8 Å². The van der Waals surface area contributed by atoms with E-state index in [2.05, 4.69) is 26.6 Å². The Balaban J connectivity index is 1.80. The maximum Gasteiger partial charge on any atom is 0.150 e. The van der Waals surface area contributed by atoms with E-state index in [1.165, 1.54) is 25.1 Å². The van der Waals surface area contributed by atoms with Crippen molar-refractivity contribution in [2.45, 2.75) is 45.2 Å². The Labute approximate surface area is 108 Å². The van der Waals surface area contributed by atoms with Crippen LogP contribution in [0.3, 0.4) is 0 Å². The molecule has 0 spiro atoms. The van der Waals surface area contributed by atoms with Crippen molar-refractivity contribution in [2.24, 2.45) is 0 Å². The van der Waals surface area contributed by atoms with Gasteiger partial charge in [0.05, 0.1) is 19.3 Å². The lowest BCUT2D eigenvalue weighted by Gasteiger charge is -2.31. The number of hydrogen-bond donors (Lipinski definition) is 0. The third-order valence-electron chi connectivity index (χ3n) is 4.11. The molecule has 0 saturated carbocycles. The maximum absolute atomic E-state index is 5.42. The molecule has 0 N–H and O–H groups in total. The number of aryl methyl sites for hydroxylation is 1. The predicted molar refractivity (Wildman–Crippen MR) is 68.4 cm³/mol. The van der Waals surface area contributed by atoms with Crippen LogP contribution in [0.2, 0.25) is 0 Å². The fourth-order valence-corrected chi connectivity index (χ4v) is 2.94. The number of ether oxygens (including phenoxy) is 1. The minimum Gasteiger partial charge on any atom is -0.379 e. The second-order valence-electron chi connectivity index (χ2n) is 5.26. The summed E-state index contributed by atoms with van der Waals surface area (Å²) < 4.78 is 7.77. The molecule has 0 aliphatic carbocycles. The van der Waals surface area contributed by atoms with E-state index in [0.29, 0.717) is 6.04 Å². The van der Waals surface area contributed by atoms with E-state index in [9.17, 15) is 0 Å². The molecule has 5 heteroatoms. The monoisotopic (exact) mass is 250 g/mol. The number of hydrogen-bond acceptors (Lipinski definition) is 4. The Morgan fingerprint density at radius 2 is 1.89 bits per heavy atom. The van der Waals surface area contributed by atoms with Gasteiger partial charge in [0.1, 0.15) is 11.6 Å². The molecule has 100 valence electrons. The molecule has 3 rings (SSSR count). The van der Waals surface area contributed by atoms with Gasteiger partial charge < -0.3 is 9.30 Å². The van der Waals surface area contributed by atoms with E-state index >= 15 is 0 Å². The molecule has 0 radical (unpaired) electrons. The second-order valence-corrected chi connectivity index (χ2v) is 5.26. The third-order valence-corrected chi connectivity index (χ3v) is 4.11. The summed E-state index contributed by atoms with van der Waals surface area (Å²) in [4.78, 5) is 2.45. The molecule has 2 aliphatic heterocycles. The molecule has 1 saturated heterocycles. The second kappa shape index (κ2) is 5.36. The first-order valence-electron chi connectivity index (χ1n) is 7.10. The SMILES string of the molecule is CC(c1nnc2n1CCCCC2)N1CCOCC1. The maximum atomic E-state index is 5.42. The zero-order valence-electron chi connectivity index (χ0n) is 11.1. The van der Waals surface area contributed by atoms with Crippen molar-refractivity contribution in [2.75, 3.05) is 26.3 Å². The molecule has 1 aromatic rings. The molecule has 5 nitrogen and oxygen atoms in total. The van der Waals surface area contributed by atoms with E-state index in [4.69, 9.17) is 4.74 Å². The number of nitrogens with zero attached hydrogens (tertiary/aromatic N) is 4. The van der Waals surface area contributed by atoms with Crippen LogP contribution < -0.4 is 0 Å². The lowest BCUT2D eigenvalue weighted by molar-refractivity contribution is 0.0174. The van der Waals surface area contributed by atoms with Gasteiger partial charge in [-0.3, -0.25) is 4.90 Å². The summed E-state index contributed by atoms with van der Waals surface area (Å²) in [5, 5.41) is 8.83. The summed E-state index contributed by atoms with van der Waals surface area (Å²) in [6, 6.07) is 0.355.